The molecule has 2 rings (SSSR count). The van der Waals surface area contributed by atoms with E-state index >= 15 is 0 Å². The van der Waals surface area contributed by atoms with Crippen LogP contribution in [-0.2, 0) is 24.0 Å². The highest BCUT2D eigenvalue weighted by Crippen LogP contribution is 2.33. The number of amides is 2. The van der Waals surface area contributed by atoms with Crippen LogP contribution in [0, 0.1) is 0 Å². The van der Waals surface area contributed by atoms with E-state index in [1.54, 1.807) is 7.11 Å². The largest absolute Gasteiger partial charge is 0.381 e. The van der Waals surface area contributed by atoms with Gasteiger partial charge in [-0.05, 0) is 12.0 Å². The average Bonchev–Trinajstić information content (AvgIpc) is 2.92. The van der Waals surface area contributed by atoms with Crippen LogP contribution in [0.25, 0.3) is 5.57 Å². The van der Waals surface area contributed by atoms with Gasteiger partial charge in [-0.2, -0.15) is 10.1 Å². The van der Waals surface area contributed by atoms with Crippen LogP contribution < -0.4 is 0 Å². The summed E-state index contributed by atoms with van der Waals surface area (Å²) in [6.45, 7) is 2.12. The first kappa shape index (κ1) is 20.1. The maximum atomic E-state index is 12.2. The van der Waals surface area contributed by atoms with Gasteiger partial charge in [-0.25, -0.2) is 0 Å². The Morgan fingerprint density at radius 2 is 1.58 bits per heavy atom. The average molecular weight is 362 g/mol. The number of carbonyl (C=O) groups excluding carboxylic acids is 2. The summed E-state index contributed by atoms with van der Waals surface area (Å²) in [5.74, 6) is -1.31. The first-order chi connectivity index (χ1) is 12.6. The van der Waals surface area contributed by atoms with Crippen molar-refractivity contribution in [1.82, 2.24) is 10.1 Å². The zero-order valence-corrected chi connectivity index (χ0v) is 15.7. The molecule has 1 aliphatic rings. The van der Waals surface area contributed by atoms with Gasteiger partial charge in [-0.1, -0.05) is 50.1 Å². The van der Waals surface area contributed by atoms with E-state index in [9.17, 15) is 9.59 Å². The Balaban J connectivity index is 2.55. The van der Waals surface area contributed by atoms with E-state index in [4.69, 9.17) is 14.4 Å². The van der Waals surface area contributed by atoms with Gasteiger partial charge in [-0.3, -0.25) is 19.3 Å². The predicted octanol–water partition coefficient (Wildman–Crippen LogP) is 2.74. The minimum atomic E-state index is -0.791. The summed E-state index contributed by atoms with van der Waals surface area (Å²) in [6, 6.07) is 9.55. The third-order valence-corrected chi connectivity index (χ3v) is 4.34. The number of ether oxygens (including phenoxy) is 1. The van der Waals surface area contributed by atoms with Crippen LogP contribution in [0.4, 0.5) is 0 Å². The molecule has 1 unspecified atom stereocenters. The minimum absolute atomic E-state index is 0.0547. The highest BCUT2D eigenvalue weighted by molar-refractivity contribution is 6.37. The molecule has 0 spiro atoms. The molecule has 1 aliphatic heterocycles. The molecule has 1 heterocycles. The van der Waals surface area contributed by atoms with Crippen LogP contribution in [0.3, 0.4) is 0 Å². The molecule has 0 N–H and O–H groups in total. The molecule has 1 fully saturated rings. The van der Waals surface area contributed by atoms with Gasteiger partial charge in [-0.15, -0.1) is 0 Å². The Labute approximate surface area is 154 Å². The van der Waals surface area contributed by atoms with Crippen LogP contribution in [0.5, 0.6) is 0 Å². The Morgan fingerprint density at radius 3 is 2.04 bits per heavy atom. The van der Waals surface area contributed by atoms with Gasteiger partial charge in [0.05, 0.1) is 20.3 Å². The molecule has 0 saturated carbocycles. The van der Waals surface area contributed by atoms with E-state index in [0.29, 0.717) is 6.42 Å². The highest BCUT2D eigenvalue weighted by atomic mass is 16.7. The van der Waals surface area contributed by atoms with Crippen molar-refractivity contribution in [2.75, 3.05) is 21.3 Å². The molecule has 2 amide bonds. The van der Waals surface area contributed by atoms with Crippen molar-refractivity contribution in [3.05, 3.63) is 41.7 Å². The van der Waals surface area contributed by atoms with Crippen LogP contribution >= 0.6 is 0 Å². The summed E-state index contributed by atoms with van der Waals surface area (Å²) >= 11 is 0. The smallest absolute Gasteiger partial charge is 0.344 e. The standard InChI is InChI=1S/C19H26N2O5/c1-5-6-12-15(24-2)13-16(14-10-8-7-9-11-14)17-20(25-3)18(22)19(23)21(17)26-4/h7-11,15H,5-6,12-13H2,1-4H3. The lowest BCUT2D eigenvalue weighted by Gasteiger charge is -2.24. The van der Waals surface area contributed by atoms with Gasteiger partial charge < -0.3 is 4.74 Å². The van der Waals surface area contributed by atoms with Gasteiger partial charge >= 0.3 is 11.8 Å². The maximum absolute atomic E-state index is 12.2. The van der Waals surface area contributed by atoms with Gasteiger partial charge in [0.15, 0.2) is 5.82 Å². The van der Waals surface area contributed by atoms with Gasteiger partial charge in [0, 0.05) is 19.1 Å². The number of methoxy groups -OCH3 is 1. The fourth-order valence-corrected chi connectivity index (χ4v) is 2.97. The summed E-state index contributed by atoms with van der Waals surface area (Å²) in [5.41, 5.74) is 1.61. The van der Waals surface area contributed by atoms with Crippen LogP contribution in [-0.4, -0.2) is 49.4 Å². The Morgan fingerprint density at radius 1 is 1.00 bits per heavy atom. The van der Waals surface area contributed by atoms with Crippen molar-refractivity contribution < 1.29 is 24.0 Å². The van der Waals surface area contributed by atoms with Crippen LogP contribution in [0.15, 0.2) is 36.2 Å². The van der Waals surface area contributed by atoms with Crippen molar-refractivity contribution in [2.24, 2.45) is 0 Å². The number of hydrogen-bond acceptors (Lipinski definition) is 5. The zero-order chi connectivity index (χ0) is 19.1. The molecule has 1 aromatic carbocycles. The molecule has 0 radical (unpaired) electrons. The molecule has 26 heavy (non-hydrogen) atoms. The fraction of sp³-hybridized carbons (Fsp3) is 0.474. The topological polar surface area (TPSA) is 68.3 Å². The monoisotopic (exact) mass is 362 g/mol. The van der Waals surface area contributed by atoms with E-state index in [1.807, 2.05) is 30.3 Å². The first-order valence-electron chi connectivity index (χ1n) is 8.67. The van der Waals surface area contributed by atoms with Crippen molar-refractivity contribution in [2.45, 2.75) is 38.7 Å². The van der Waals surface area contributed by atoms with Gasteiger partial charge in [0.25, 0.3) is 0 Å². The molecule has 7 heteroatoms. The number of nitrogens with zero attached hydrogens (tertiary/aromatic N) is 2. The second-order valence-electron chi connectivity index (χ2n) is 5.94. The predicted molar refractivity (Wildman–Crippen MR) is 96.0 cm³/mol. The number of hydrogen-bond donors (Lipinski definition) is 0. The number of hydroxylamine groups is 4. The third-order valence-electron chi connectivity index (χ3n) is 4.34. The van der Waals surface area contributed by atoms with E-state index in [2.05, 4.69) is 6.92 Å². The van der Waals surface area contributed by atoms with E-state index < -0.39 is 11.8 Å². The third kappa shape index (κ3) is 4.12. The van der Waals surface area contributed by atoms with Crippen molar-refractivity contribution >= 4 is 17.4 Å². The summed E-state index contributed by atoms with van der Waals surface area (Å²) < 4.78 is 5.63. The number of carbonyl (C=O) groups is 2. The first-order valence-corrected chi connectivity index (χ1v) is 8.67. The zero-order valence-electron chi connectivity index (χ0n) is 15.7. The Kier molecular flexibility index (Phi) is 7.32. The molecule has 142 valence electrons. The van der Waals surface area contributed by atoms with Gasteiger partial charge in [0.1, 0.15) is 0 Å². The van der Waals surface area contributed by atoms with Crippen molar-refractivity contribution in [3.8, 4) is 0 Å². The molecule has 1 saturated heterocycles. The minimum Gasteiger partial charge on any atom is -0.381 e. The van der Waals surface area contributed by atoms with E-state index in [0.717, 1.165) is 40.5 Å². The van der Waals surface area contributed by atoms with Crippen molar-refractivity contribution in [1.29, 1.82) is 0 Å². The van der Waals surface area contributed by atoms with Crippen molar-refractivity contribution in [3.63, 3.8) is 0 Å². The Hall–Kier alpha value is -2.22. The van der Waals surface area contributed by atoms with Gasteiger partial charge in [0.2, 0.25) is 0 Å². The number of benzene rings is 1. The lowest BCUT2D eigenvalue weighted by atomic mass is 9.97. The fourth-order valence-electron chi connectivity index (χ4n) is 2.97. The summed E-state index contributed by atoms with van der Waals surface area (Å²) in [5, 5.41) is 1.95. The highest BCUT2D eigenvalue weighted by Gasteiger charge is 2.45. The molecule has 1 aromatic rings. The molecular formula is C19H26N2O5. The normalized spacial score (nSPS) is 15.8. The van der Waals surface area contributed by atoms with E-state index in [-0.39, 0.29) is 11.9 Å². The summed E-state index contributed by atoms with van der Waals surface area (Å²) in [4.78, 5) is 34.8. The molecule has 1 atom stereocenters. The Bertz CT molecular complexity index is 635. The second kappa shape index (κ2) is 9.47. The molecule has 0 bridgehead atoms. The maximum Gasteiger partial charge on any atom is 0.344 e. The molecule has 0 aliphatic carbocycles. The summed E-state index contributed by atoms with van der Waals surface area (Å²) in [7, 11) is 4.36. The van der Waals surface area contributed by atoms with Crippen LogP contribution in [0.1, 0.15) is 38.2 Å². The molecule has 7 nitrogen and oxygen atoms in total. The quantitative estimate of drug-likeness (QED) is 0.632. The lowest BCUT2D eigenvalue weighted by molar-refractivity contribution is -0.164. The second-order valence-corrected chi connectivity index (χ2v) is 5.94. The van der Waals surface area contributed by atoms with E-state index in [1.165, 1.54) is 14.2 Å². The number of rotatable bonds is 9. The summed E-state index contributed by atoms with van der Waals surface area (Å²) in [6.07, 6.45) is 3.41. The molecule has 0 aromatic heterocycles. The SMILES string of the molecule is CCCCC(CC(=C1N(OC)C(=O)C(=O)N1OC)c1ccccc1)OC. The van der Waals surface area contributed by atoms with Crippen LogP contribution in [0.2, 0.25) is 0 Å². The lowest BCUT2D eigenvalue weighted by Crippen LogP contribution is -2.26. The molecular weight excluding hydrogens is 336 g/mol. The number of unbranched alkanes of at least 4 members (excludes halogenated alkanes) is 1.